The van der Waals surface area contributed by atoms with Gasteiger partial charge in [-0.3, -0.25) is 0 Å². The van der Waals surface area contributed by atoms with Crippen molar-refractivity contribution in [3.8, 4) is 22.4 Å². The second-order valence-electron chi connectivity index (χ2n) is 7.79. The molecule has 0 radical (unpaired) electrons. The Morgan fingerprint density at radius 3 is 2.70 bits per heavy atom. The van der Waals surface area contributed by atoms with Gasteiger partial charge in [0, 0.05) is 12.2 Å². The van der Waals surface area contributed by atoms with E-state index in [0.29, 0.717) is 34.7 Å². The van der Waals surface area contributed by atoms with Gasteiger partial charge in [0.15, 0.2) is 5.65 Å². The Bertz CT molecular complexity index is 1400. The molecule has 4 aromatic rings. The number of aliphatic hydroxyl groups is 1. The Labute approximate surface area is 192 Å². The molecule has 33 heavy (non-hydrogen) atoms. The average Bonchev–Trinajstić information content (AvgIpc) is 3.42. The number of nitrogens with two attached hydrogens (primary N) is 1. The van der Waals surface area contributed by atoms with E-state index in [1.165, 1.54) is 21.2 Å². The number of fused-ring (bicyclic) bond motifs is 1. The molecule has 1 aliphatic heterocycles. The minimum Gasteiger partial charge on any atom is -0.390 e. The molecule has 0 unspecified atom stereocenters. The Morgan fingerprint density at radius 1 is 1.21 bits per heavy atom. The lowest BCUT2D eigenvalue weighted by molar-refractivity contribution is 0.0931. The quantitative estimate of drug-likeness (QED) is 0.430. The largest absolute Gasteiger partial charge is 0.390 e. The molecule has 9 nitrogen and oxygen atoms in total. The van der Waals surface area contributed by atoms with Crippen LogP contribution in [0.2, 0.25) is 5.15 Å². The zero-order chi connectivity index (χ0) is 23.1. The van der Waals surface area contributed by atoms with Crippen molar-refractivity contribution in [2.24, 2.45) is 0 Å². The highest BCUT2D eigenvalue weighted by molar-refractivity contribution is 6.29. The second-order valence-corrected chi connectivity index (χ2v) is 8.17. The smallest absolute Gasteiger partial charge is 0.353 e. The van der Waals surface area contributed by atoms with Gasteiger partial charge in [0.25, 0.3) is 0 Å². The van der Waals surface area contributed by atoms with Crippen molar-refractivity contribution in [1.29, 1.82) is 0 Å². The van der Waals surface area contributed by atoms with E-state index in [2.05, 4.69) is 15.1 Å². The maximum absolute atomic E-state index is 13.6. The topological polar surface area (TPSA) is 121 Å². The van der Waals surface area contributed by atoms with Crippen molar-refractivity contribution in [1.82, 2.24) is 24.1 Å². The Kier molecular flexibility index (Phi) is 5.57. The number of hydrogen-bond acceptors (Lipinski definition) is 7. The van der Waals surface area contributed by atoms with Crippen molar-refractivity contribution in [2.75, 3.05) is 12.3 Å². The van der Waals surface area contributed by atoms with E-state index in [1.807, 2.05) is 0 Å². The lowest BCUT2D eigenvalue weighted by Crippen LogP contribution is -2.28. The number of hydrogen-bond donors (Lipinski definition) is 2. The molecule has 1 atom stereocenters. The molecule has 11 heteroatoms. The summed E-state index contributed by atoms with van der Waals surface area (Å²) in [4.78, 5) is 21.7. The van der Waals surface area contributed by atoms with E-state index >= 15 is 0 Å². The molecule has 1 saturated heterocycles. The van der Waals surface area contributed by atoms with E-state index in [4.69, 9.17) is 22.1 Å². The van der Waals surface area contributed by atoms with Crippen LogP contribution >= 0.6 is 11.6 Å². The zero-order valence-corrected chi connectivity index (χ0v) is 18.2. The standard InChI is InChI=1S/C22H20ClFN6O3/c23-17-9-13(8-15(11-31)26-17)18-19(12-3-5-14(24)6-4-12)27-21(25)30-20(18)28-29(22(30)32)10-16-2-1-7-33-16/h3-6,8-9,16,31H,1-2,7,10-11H2,(H2,25,27)/t16-/m1/s1. The highest BCUT2D eigenvalue weighted by atomic mass is 35.5. The van der Waals surface area contributed by atoms with Crippen LogP contribution in [-0.2, 0) is 17.9 Å². The minimum atomic E-state index is -0.444. The van der Waals surface area contributed by atoms with Crippen molar-refractivity contribution >= 4 is 23.2 Å². The van der Waals surface area contributed by atoms with Gasteiger partial charge in [0.05, 0.1) is 36.2 Å². The van der Waals surface area contributed by atoms with Crippen molar-refractivity contribution in [2.45, 2.75) is 32.1 Å². The third kappa shape index (κ3) is 3.97. The van der Waals surface area contributed by atoms with E-state index < -0.39 is 11.5 Å². The molecular formula is C22H20ClFN6O3. The first-order valence-electron chi connectivity index (χ1n) is 10.4. The van der Waals surface area contributed by atoms with Crippen LogP contribution in [0.25, 0.3) is 28.0 Å². The number of aliphatic hydroxyl groups excluding tert-OH is 1. The van der Waals surface area contributed by atoms with Gasteiger partial charge >= 0.3 is 5.69 Å². The van der Waals surface area contributed by atoms with Gasteiger partial charge in [-0.1, -0.05) is 11.6 Å². The molecule has 1 fully saturated rings. The van der Waals surface area contributed by atoms with Crippen LogP contribution in [0.5, 0.6) is 0 Å². The number of aromatic nitrogens is 5. The first-order chi connectivity index (χ1) is 15.9. The maximum atomic E-state index is 13.6. The molecule has 3 N–H and O–H groups in total. The lowest BCUT2D eigenvalue weighted by atomic mass is 10.00. The first kappa shape index (κ1) is 21.5. The molecule has 5 rings (SSSR count). The fourth-order valence-corrected chi connectivity index (χ4v) is 4.29. The zero-order valence-electron chi connectivity index (χ0n) is 17.4. The Morgan fingerprint density at radius 2 is 2.00 bits per heavy atom. The van der Waals surface area contributed by atoms with Gasteiger partial charge in [0.2, 0.25) is 5.95 Å². The predicted octanol–water partition coefficient (Wildman–Crippen LogP) is 2.67. The number of halogens is 2. The molecule has 1 aromatic carbocycles. The van der Waals surface area contributed by atoms with Crippen molar-refractivity contribution in [3.63, 3.8) is 0 Å². The van der Waals surface area contributed by atoms with Crippen LogP contribution in [-0.4, -0.2) is 42.0 Å². The molecular weight excluding hydrogens is 451 g/mol. The van der Waals surface area contributed by atoms with E-state index in [-0.39, 0.29) is 36.0 Å². The summed E-state index contributed by atoms with van der Waals surface area (Å²) in [5.74, 6) is -0.458. The summed E-state index contributed by atoms with van der Waals surface area (Å²) < 4.78 is 21.8. The molecule has 0 saturated carbocycles. The fraction of sp³-hybridized carbons (Fsp3) is 0.273. The van der Waals surface area contributed by atoms with Crippen molar-refractivity contribution < 1.29 is 14.2 Å². The van der Waals surface area contributed by atoms with Crippen LogP contribution in [0, 0.1) is 5.82 Å². The van der Waals surface area contributed by atoms with Gasteiger partial charge in [-0.2, -0.15) is 0 Å². The van der Waals surface area contributed by atoms with E-state index in [9.17, 15) is 14.3 Å². The number of anilines is 1. The molecule has 170 valence electrons. The molecule has 0 bridgehead atoms. The summed E-state index contributed by atoms with van der Waals surface area (Å²) in [5.41, 5.74) is 8.29. The summed E-state index contributed by atoms with van der Waals surface area (Å²) in [6.45, 7) is 0.596. The molecule has 0 aliphatic carbocycles. The average molecular weight is 471 g/mol. The maximum Gasteiger partial charge on any atom is 0.353 e. The Hall–Kier alpha value is -3.34. The monoisotopic (exact) mass is 470 g/mol. The lowest BCUT2D eigenvalue weighted by Gasteiger charge is -2.13. The fourth-order valence-electron chi connectivity index (χ4n) is 4.06. The van der Waals surface area contributed by atoms with Crippen LogP contribution in [0.15, 0.2) is 41.2 Å². The van der Waals surface area contributed by atoms with Crippen LogP contribution < -0.4 is 11.4 Å². The van der Waals surface area contributed by atoms with Crippen LogP contribution in [0.3, 0.4) is 0 Å². The summed E-state index contributed by atoms with van der Waals surface area (Å²) in [7, 11) is 0. The van der Waals surface area contributed by atoms with Crippen molar-refractivity contribution in [3.05, 3.63) is 63.5 Å². The van der Waals surface area contributed by atoms with Gasteiger partial charge < -0.3 is 15.6 Å². The summed E-state index contributed by atoms with van der Waals surface area (Å²) in [6.07, 6.45) is 1.65. The molecule has 3 aromatic heterocycles. The highest BCUT2D eigenvalue weighted by Gasteiger charge is 2.24. The SMILES string of the molecule is Nc1nc(-c2ccc(F)cc2)c(-c2cc(Cl)nc(CO)c2)c2nn(C[C@H]3CCCO3)c(=O)n12. The normalized spacial score (nSPS) is 16.0. The molecule has 0 spiro atoms. The van der Waals surface area contributed by atoms with E-state index in [0.717, 1.165) is 12.8 Å². The number of nitrogen functional groups attached to an aromatic ring is 1. The Balaban J connectivity index is 1.80. The predicted molar refractivity (Wildman–Crippen MR) is 120 cm³/mol. The number of ether oxygens (including phenoxy) is 1. The van der Waals surface area contributed by atoms with Crippen LogP contribution in [0.4, 0.5) is 10.3 Å². The number of benzene rings is 1. The highest BCUT2D eigenvalue weighted by Crippen LogP contribution is 2.35. The summed E-state index contributed by atoms with van der Waals surface area (Å²) in [6, 6.07) is 8.97. The first-order valence-corrected chi connectivity index (χ1v) is 10.8. The minimum absolute atomic E-state index is 0.0563. The molecule has 4 heterocycles. The number of rotatable bonds is 5. The molecule has 0 amide bonds. The summed E-state index contributed by atoms with van der Waals surface area (Å²) >= 11 is 6.20. The van der Waals surface area contributed by atoms with E-state index in [1.54, 1.807) is 24.3 Å². The third-order valence-corrected chi connectivity index (χ3v) is 5.76. The van der Waals surface area contributed by atoms with Gasteiger partial charge in [-0.15, -0.1) is 5.10 Å². The van der Waals surface area contributed by atoms with Crippen LogP contribution in [0.1, 0.15) is 18.5 Å². The number of pyridine rings is 1. The third-order valence-electron chi connectivity index (χ3n) is 5.57. The van der Waals surface area contributed by atoms with Gasteiger partial charge in [-0.25, -0.2) is 28.2 Å². The molecule has 1 aliphatic rings. The van der Waals surface area contributed by atoms with Gasteiger partial charge in [0.1, 0.15) is 11.0 Å². The van der Waals surface area contributed by atoms with Gasteiger partial charge in [-0.05, 0) is 54.8 Å². The second kappa shape index (κ2) is 8.54. The summed E-state index contributed by atoms with van der Waals surface area (Å²) in [5, 5.41) is 14.3. The number of nitrogens with zero attached hydrogens (tertiary/aromatic N) is 5.